The number of nitrogens with zero attached hydrogens (tertiary/aromatic N) is 2. The Labute approximate surface area is 114 Å². The minimum Gasteiger partial charge on any atom is -0.316 e. The first-order valence-corrected chi connectivity index (χ1v) is 6.82. The van der Waals surface area contributed by atoms with E-state index in [1.165, 1.54) is 0 Å². The summed E-state index contributed by atoms with van der Waals surface area (Å²) in [4.78, 5) is 16.0. The molecule has 0 fully saturated rings. The smallest absolute Gasteiger partial charge is 0.164 e. The SMILES string of the molecule is Cc1cc2c(n1-c1ccncc1Br)CCCC2=O. The topological polar surface area (TPSA) is 34.9 Å². The van der Waals surface area contributed by atoms with Crippen molar-refractivity contribution >= 4 is 21.7 Å². The Morgan fingerprint density at radius 2 is 2.22 bits per heavy atom. The van der Waals surface area contributed by atoms with E-state index in [1.807, 2.05) is 19.1 Å². The predicted molar refractivity (Wildman–Crippen MR) is 73.3 cm³/mol. The van der Waals surface area contributed by atoms with Crippen molar-refractivity contribution in [3.8, 4) is 5.69 Å². The molecular weight excluding hydrogens is 292 g/mol. The normalized spacial score (nSPS) is 14.7. The number of hydrogen-bond donors (Lipinski definition) is 0. The van der Waals surface area contributed by atoms with Crippen LogP contribution < -0.4 is 0 Å². The lowest BCUT2D eigenvalue weighted by Crippen LogP contribution is -2.13. The number of carbonyl (C=O) groups excluding carboxylic acids is 1. The van der Waals surface area contributed by atoms with Gasteiger partial charge in [0.05, 0.1) is 10.2 Å². The lowest BCUT2D eigenvalue weighted by molar-refractivity contribution is 0.0972. The molecule has 2 heterocycles. The highest BCUT2D eigenvalue weighted by Crippen LogP contribution is 2.30. The second-order valence-corrected chi connectivity index (χ2v) is 5.44. The van der Waals surface area contributed by atoms with E-state index >= 15 is 0 Å². The Morgan fingerprint density at radius 3 is 3.00 bits per heavy atom. The third-order valence-corrected chi connectivity index (χ3v) is 4.01. The minimum atomic E-state index is 0.267. The van der Waals surface area contributed by atoms with Gasteiger partial charge in [-0.2, -0.15) is 0 Å². The van der Waals surface area contributed by atoms with Crippen LogP contribution in [-0.4, -0.2) is 15.3 Å². The van der Waals surface area contributed by atoms with Crippen LogP contribution in [0.1, 0.15) is 34.6 Å². The summed E-state index contributed by atoms with van der Waals surface area (Å²) in [5.74, 6) is 0.267. The summed E-state index contributed by atoms with van der Waals surface area (Å²) in [6.07, 6.45) is 6.14. The number of pyridine rings is 1. The van der Waals surface area contributed by atoms with Gasteiger partial charge in [-0.3, -0.25) is 9.78 Å². The van der Waals surface area contributed by atoms with E-state index in [0.717, 1.165) is 40.0 Å². The molecule has 3 rings (SSSR count). The van der Waals surface area contributed by atoms with Gasteiger partial charge in [-0.15, -0.1) is 0 Å². The number of fused-ring (bicyclic) bond motifs is 1. The van der Waals surface area contributed by atoms with E-state index < -0.39 is 0 Å². The fourth-order valence-corrected chi connectivity index (χ4v) is 3.04. The highest BCUT2D eigenvalue weighted by Gasteiger charge is 2.23. The molecular formula is C14H13BrN2O. The lowest BCUT2D eigenvalue weighted by Gasteiger charge is -2.16. The predicted octanol–water partition coefficient (Wildman–Crippen LogP) is 3.46. The zero-order valence-corrected chi connectivity index (χ0v) is 11.7. The third-order valence-electron chi connectivity index (χ3n) is 3.40. The molecule has 18 heavy (non-hydrogen) atoms. The molecule has 2 aromatic rings. The molecule has 0 aliphatic heterocycles. The Kier molecular flexibility index (Phi) is 2.82. The van der Waals surface area contributed by atoms with E-state index in [-0.39, 0.29) is 5.78 Å². The summed E-state index contributed by atoms with van der Waals surface area (Å²) < 4.78 is 3.11. The number of Topliss-reactive ketones (excluding diaryl/α,β-unsaturated/α-hetero) is 1. The maximum absolute atomic E-state index is 11.9. The van der Waals surface area contributed by atoms with Gasteiger partial charge < -0.3 is 4.57 Å². The lowest BCUT2D eigenvalue weighted by atomic mass is 9.96. The van der Waals surface area contributed by atoms with E-state index in [1.54, 1.807) is 12.4 Å². The number of ketones is 1. The van der Waals surface area contributed by atoms with Gasteiger partial charge in [-0.1, -0.05) is 0 Å². The van der Waals surface area contributed by atoms with Crippen molar-refractivity contribution in [2.45, 2.75) is 26.2 Å². The fraction of sp³-hybridized carbons (Fsp3) is 0.286. The molecule has 0 saturated heterocycles. The molecule has 0 unspecified atom stereocenters. The zero-order valence-electron chi connectivity index (χ0n) is 10.1. The summed E-state index contributed by atoms with van der Waals surface area (Å²) in [5.41, 5.74) is 4.18. The van der Waals surface area contributed by atoms with Gasteiger partial charge in [-0.05, 0) is 47.8 Å². The van der Waals surface area contributed by atoms with Gasteiger partial charge in [0.15, 0.2) is 5.78 Å². The molecule has 0 N–H and O–H groups in total. The molecule has 0 atom stereocenters. The second-order valence-electron chi connectivity index (χ2n) is 4.59. The summed E-state index contributed by atoms with van der Waals surface area (Å²) >= 11 is 3.53. The van der Waals surface area contributed by atoms with Gasteiger partial charge in [-0.25, -0.2) is 0 Å². The van der Waals surface area contributed by atoms with Crippen molar-refractivity contribution in [2.75, 3.05) is 0 Å². The molecule has 4 heteroatoms. The molecule has 0 amide bonds. The Bertz CT molecular complexity index is 631. The second kappa shape index (κ2) is 4.35. The monoisotopic (exact) mass is 304 g/mol. The number of aryl methyl sites for hydroxylation is 1. The van der Waals surface area contributed by atoms with Crippen LogP contribution >= 0.6 is 15.9 Å². The molecule has 3 nitrogen and oxygen atoms in total. The van der Waals surface area contributed by atoms with E-state index in [9.17, 15) is 4.79 Å². The third kappa shape index (κ3) is 1.72. The largest absolute Gasteiger partial charge is 0.316 e. The van der Waals surface area contributed by atoms with Crippen molar-refractivity contribution in [1.29, 1.82) is 0 Å². The summed E-state index contributed by atoms with van der Waals surface area (Å²) in [6.45, 7) is 2.04. The van der Waals surface area contributed by atoms with E-state index in [2.05, 4.69) is 25.5 Å². The average molecular weight is 305 g/mol. The van der Waals surface area contributed by atoms with E-state index in [4.69, 9.17) is 0 Å². The van der Waals surface area contributed by atoms with Crippen molar-refractivity contribution in [1.82, 2.24) is 9.55 Å². The number of hydrogen-bond acceptors (Lipinski definition) is 2. The van der Waals surface area contributed by atoms with Crippen molar-refractivity contribution in [3.63, 3.8) is 0 Å². The maximum atomic E-state index is 11.9. The van der Waals surface area contributed by atoms with Crippen LogP contribution in [0.3, 0.4) is 0 Å². The molecule has 2 aromatic heterocycles. The Morgan fingerprint density at radius 1 is 1.39 bits per heavy atom. The molecule has 0 saturated carbocycles. The number of aromatic nitrogens is 2. The summed E-state index contributed by atoms with van der Waals surface area (Å²) in [7, 11) is 0. The standard InChI is InChI=1S/C14H13BrN2O/c1-9-7-10-12(3-2-4-14(10)18)17(9)13-5-6-16-8-11(13)15/h5-8H,2-4H2,1H3. The quantitative estimate of drug-likeness (QED) is 0.808. The van der Waals surface area contributed by atoms with Crippen LogP contribution in [0.4, 0.5) is 0 Å². The summed E-state index contributed by atoms with van der Waals surface area (Å²) in [5, 5.41) is 0. The highest BCUT2D eigenvalue weighted by atomic mass is 79.9. The molecule has 92 valence electrons. The molecule has 0 aromatic carbocycles. The van der Waals surface area contributed by atoms with Gasteiger partial charge >= 0.3 is 0 Å². The van der Waals surface area contributed by atoms with Crippen LogP contribution in [0.5, 0.6) is 0 Å². The Hall–Kier alpha value is -1.42. The number of carbonyl (C=O) groups is 1. The Balaban J connectivity index is 2.25. The van der Waals surface area contributed by atoms with Crippen molar-refractivity contribution in [2.24, 2.45) is 0 Å². The number of halogens is 1. The minimum absolute atomic E-state index is 0.267. The van der Waals surface area contributed by atoms with Gasteiger partial charge in [0.25, 0.3) is 0 Å². The summed E-state index contributed by atoms with van der Waals surface area (Å²) in [6, 6.07) is 3.97. The van der Waals surface area contributed by atoms with Crippen molar-refractivity contribution in [3.05, 3.63) is 46.0 Å². The fourth-order valence-electron chi connectivity index (χ4n) is 2.61. The van der Waals surface area contributed by atoms with Crippen LogP contribution in [0.2, 0.25) is 0 Å². The van der Waals surface area contributed by atoms with Crippen LogP contribution in [0, 0.1) is 6.92 Å². The van der Waals surface area contributed by atoms with Gasteiger partial charge in [0, 0.05) is 35.8 Å². The molecule has 1 aliphatic carbocycles. The van der Waals surface area contributed by atoms with Gasteiger partial charge in [0.1, 0.15) is 0 Å². The molecule has 1 aliphatic rings. The molecule has 0 spiro atoms. The molecule has 0 radical (unpaired) electrons. The maximum Gasteiger partial charge on any atom is 0.164 e. The van der Waals surface area contributed by atoms with E-state index in [0.29, 0.717) is 6.42 Å². The van der Waals surface area contributed by atoms with Crippen LogP contribution in [0.25, 0.3) is 5.69 Å². The highest BCUT2D eigenvalue weighted by molar-refractivity contribution is 9.10. The first kappa shape index (κ1) is 11.7. The first-order valence-electron chi connectivity index (χ1n) is 6.03. The zero-order chi connectivity index (χ0) is 12.7. The van der Waals surface area contributed by atoms with Crippen molar-refractivity contribution < 1.29 is 4.79 Å². The average Bonchev–Trinajstić information content (AvgIpc) is 2.68. The first-order chi connectivity index (χ1) is 8.68. The van der Waals surface area contributed by atoms with Crippen LogP contribution in [0.15, 0.2) is 29.0 Å². The number of rotatable bonds is 1. The molecule has 0 bridgehead atoms. The van der Waals surface area contributed by atoms with Gasteiger partial charge in [0.2, 0.25) is 0 Å². The van der Waals surface area contributed by atoms with Crippen LogP contribution in [-0.2, 0) is 6.42 Å².